The maximum Gasteiger partial charge on any atom is 0.228 e. The monoisotopic (exact) mass is 344 g/mol. The summed E-state index contributed by atoms with van der Waals surface area (Å²) in [4.78, 5) is 23.8. The van der Waals surface area contributed by atoms with Crippen LogP contribution in [0.2, 0.25) is 5.02 Å². The predicted octanol–water partition coefficient (Wildman–Crippen LogP) is 3.15. The second kappa shape index (κ2) is 7.97. The summed E-state index contributed by atoms with van der Waals surface area (Å²) in [5.74, 6) is -2.61. The number of rotatable bonds is 6. The largest absolute Gasteiger partial charge is 0.550 e. The number of carboxylic acid groups (broad SMARTS) is 1. The molecule has 2 aromatic rings. The van der Waals surface area contributed by atoms with Crippen molar-refractivity contribution < 1.29 is 14.7 Å². The molecular formula is C19H19ClNO3-. The highest BCUT2D eigenvalue weighted by Gasteiger charge is 2.27. The summed E-state index contributed by atoms with van der Waals surface area (Å²) < 4.78 is 0. The molecule has 0 aliphatic rings. The van der Waals surface area contributed by atoms with E-state index in [1.807, 2.05) is 37.3 Å². The van der Waals surface area contributed by atoms with E-state index >= 15 is 0 Å². The number of hydrogen-bond donors (Lipinski definition) is 1. The van der Waals surface area contributed by atoms with Crippen molar-refractivity contribution in [1.29, 1.82) is 0 Å². The van der Waals surface area contributed by atoms with Crippen LogP contribution in [0.1, 0.15) is 30.4 Å². The van der Waals surface area contributed by atoms with Crippen LogP contribution in [0, 0.1) is 12.8 Å². The molecule has 2 rings (SSSR count). The van der Waals surface area contributed by atoms with Gasteiger partial charge in [-0.15, -0.1) is 0 Å². The van der Waals surface area contributed by atoms with Gasteiger partial charge in [0.05, 0.1) is 5.92 Å². The molecule has 0 aliphatic carbocycles. The lowest BCUT2D eigenvalue weighted by Gasteiger charge is -2.24. The van der Waals surface area contributed by atoms with E-state index in [9.17, 15) is 14.7 Å². The maximum absolute atomic E-state index is 12.7. The van der Waals surface area contributed by atoms with Crippen LogP contribution in [0.5, 0.6) is 0 Å². The number of halogens is 1. The summed E-state index contributed by atoms with van der Waals surface area (Å²) in [6.07, 6.45) is -0.346. The van der Waals surface area contributed by atoms with Gasteiger partial charge in [-0.1, -0.05) is 54.9 Å². The average Bonchev–Trinajstić information content (AvgIpc) is 2.56. The van der Waals surface area contributed by atoms with Gasteiger partial charge in [-0.2, -0.15) is 0 Å². The fraction of sp³-hybridized carbons (Fsp3) is 0.263. The maximum atomic E-state index is 12.7. The first-order valence-corrected chi connectivity index (χ1v) is 8.08. The second-order valence-electron chi connectivity index (χ2n) is 5.78. The van der Waals surface area contributed by atoms with Crippen LogP contribution in [-0.2, 0) is 9.59 Å². The molecule has 2 atom stereocenters. The topological polar surface area (TPSA) is 69.2 Å². The summed E-state index contributed by atoms with van der Waals surface area (Å²) in [7, 11) is 0. The van der Waals surface area contributed by atoms with Crippen LogP contribution >= 0.6 is 11.6 Å². The summed E-state index contributed by atoms with van der Waals surface area (Å²) in [6.45, 7) is 3.64. The van der Waals surface area contributed by atoms with Crippen LogP contribution in [0.15, 0.2) is 48.5 Å². The Morgan fingerprint density at radius 1 is 1.12 bits per heavy atom. The molecule has 0 spiro atoms. The van der Waals surface area contributed by atoms with E-state index in [0.717, 1.165) is 11.1 Å². The van der Waals surface area contributed by atoms with Gasteiger partial charge in [0.25, 0.3) is 0 Å². The molecule has 0 unspecified atom stereocenters. The molecule has 0 radical (unpaired) electrons. The van der Waals surface area contributed by atoms with E-state index in [2.05, 4.69) is 5.32 Å². The average molecular weight is 345 g/mol. The Morgan fingerprint density at radius 2 is 1.79 bits per heavy atom. The van der Waals surface area contributed by atoms with Crippen LogP contribution < -0.4 is 10.4 Å². The quantitative estimate of drug-likeness (QED) is 0.875. The molecule has 0 bridgehead atoms. The predicted molar refractivity (Wildman–Crippen MR) is 92.8 cm³/mol. The summed E-state index contributed by atoms with van der Waals surface area (Å²) >= 11 is 6.06. The minimum absolute atomic E-state index is 0.261. The van der Waals surface area contributed by atoms with Gasteiger partial charge in [-0.05, 0) is 42.5 Å². The van der Waals surface area contributed by atoms with E-state index in [4.69, 9.17) is 11.6 Å². The van der Waals surface area contributed by atoms with Crippen LogP contribution in [0.4, 0.5) is 5.69 Å². The summed E-state index contributed by atoms with van der Waals surface area (Å²) in [5, 5.41) is 14.4. The number of nitrogens with one attached hydrogen (secondary N) is 1. The third kappa shape index (κ3) is 4.36. The molecule has 24 heavy (non-hydrogen) atoms. The SMILES string of the molecule is Cc1c(Cl)cccc1NC(=O)[C@H](CC(=O)[O-])[C@H](C)c1ccccc1. The number of anilines is 1. The number of benzene rings is 2. The van der Waals surface area contributed by atoms with E-state index in [-0.39, 0.29) is 18.2 Å². The molecule has 0 fully saturated rings. The molecule has 4 nitrogen and oxygen atoms in total. The summed E-state index contributed by atoms with van der Waals surface area (Å²) in [6, 6.07) is 14.6. The fourth-order valence-electron chi connectivity index (χ4n) is 2.63. The van der Waals surface area contributed by atoms with Crippen molar-refractivity contribution in [2.75, 3.05) is 5.32 Å². The molecule has 0 aliphatic heterocycles. The van der Waals surface area contributed by atoms with E-state index in [1.165, 1.54) is 0 Å². The van der Waals surface area contributed by atoms with Gasteiger partial charge >= 0.3 is 0 Å². The van der Waals surface area contributed by atoms with Crippen molar-refractivity contribution in [2.24, 2.45) is 5.92 Å². The Labute approximate surface area is 146 Å². The van der Waals surface area contributed by atoms with Crippen molar-refractivity contribution >= 4 is 29.2 Å². The zero-order chi connectivity index (χ0) is 17.7. The van der Waals surface area contributed by atoms with Crippen molar-refractivity contribution in [1.82, 2.24) is 0 Å². The molecule has 1 amide bonds. The first-order chi connectivity index (χ1) is 11.4. The van der Waals surface area contributed by atoms with Gasteiger partial charge in [0.15, 0.2) is 0 Å². The van der Waals surface area contributed by atoms with Crippen molar-refractivity contribution in [2.45, 2.75) is 26.2 Å². The number of amides is 1. The van der Waals surface area contributed by atoms with Crippen LogP contribution in [0.25, 0.3) is 0 Å². The molecule has 126 valence electrons. The van der Waals surface area contributed by atoms with E-state index < -0.39 is 11.9 Å². The van der Waals surface area contributed by atoms with Gasteiger partial charge in [0.2, 0.25) is 5.91 Å². The zero-order valence-electron chi connectivity index (χ0n) is 13.6. The highest BCUT2D eigenvalue weighted by molar-refractivity contribution is 6.31. The van der Waals surface area contributed by atoms with Crippen molar-refractivity contribution in [3.63, 3.8) is 0 Å². The number of hydrogen-bond acceptors (Lipinski definition) is 3. The van der Waals surface area contributed by atoms with Crippen LogP contribution in [0.3, 0.4) is 0 Å². The van der Waals surface area contributed by atoms with Crippen LogP contribution in [-0.4, -0.2) is 11.9 Å². The highest BCUT2D eigenvalue weighted by atomic mass is 35.5. The third-order valence-electron chi connectivity index (χ3n) is 4.18. The Hall–Kier alpha value is -2.33. The Kier molecular flexibility index (Phi) is 5.99. The van der Waals surface area contributed by atoms with Gasteiger partial charge < -0.3 is 15.2 Å². The Morgan fingerprint density at radius 3 is 2.42 bits per heavy atom. The smallest absolute Gasteiger partial charge is 0.228 e. The molecule has 0 saturated carbocycles. The van der Waals surface area contributed by atoms with Gasteiger partial charge in [0, 0.05) is 16.7 Å². The number of carbonyl (C=O) groups excluding carboxylic acids is 2. The molecular weight excluding hydrogens is 326 g/mol. The van der Waals surface area contributed by atoms with Gasteiger partial charge in [0.1, 0.15) is 0 Å². The lowest BCUT2D eigenvalue weighted by Crippen LogP contribution is -2.34. The molecule has 0 heterocycles. The second-order valence-corrected chi connectivity index (χ2v) is 6.19. The van der Waals surface area contributed by atoms with E-state index in [1.54, 1.807) is 25.1 Å². The molecule has 1 N–H and O–H groups in total. The zero-order valence-corrected chi connectivity index (χ0v) is 14.3. The molecule has 2 aromatic carbocycles. The minimum atomic E-state index is -1.25. The minimum Gasteiger partial charge on any atom is -0.550 e. The highest BCUT2D eigenvalue weighted by Crippen LogP contribution is 2.29. The van der Waals surface area contributed by atoms with E-state index in [0.29, 0.717) is 10.7 Å². The van der Waals surface area contributed by atoms with Gasteiger partial charge in [-0.25, -0.2) is 0 Å². The van der Waals surface area contributed by atoms with Gasteiger partial charge in [-0.3, -0.25) is 4.79 Å². The number of aliphatic carboxylic acids is 1. The third-order valence-corrected chi connectivity index (χ3v) is 4.59. The Bertz CT molecular complexity index is 731. The fourth-order valence-corrected chi connectivity index (χ4v) is 2.81. The first kappa shape index (κ1) is 18.0. The normalized spacial score (nSPS) is 13.1. The first-order valence-electron chi connectivity index (χ1n) is 7.71. The molecule has 0 saturated heterocycles. The Balaban J connectivity index is 2.25. The standard InChI is InChI=1S/C19H20ClNO3/c1-12(14-7-4-3-5-8-14)15(11-18(22)23)19(24)21-17-10-6-9-16(20)13(17)2/h3-10,12,15H,11H2,1-2H3,(H,21,24)(H,22,23)/p-1/t12-,15-/m1/s1. The molecule has 5 heteroatoms. The molecule has 0 aromatic heterocycles. The van der Waals surface area contributed by atoms with Crippen molar-refractivity contribution in [3.05, 3.63) is 64.7 Å². The number of carboxylic acids is 1. The lowest BCUT2D eigenvalue weighted by molar-refractivity contribution is -0.306. The number of carbonyl (C=O) groups is 2. The van der Waals surface area contributed by atoms with Crippen molar-refractivity contribution in [3.8, 4) is 0 Å². The lowest BCUT2D eigenvalue weighted by atomic mass is 9.84. The summed E-state index contributed by atoms with van der Waals surface area (Å²) in [5.41, 5.74) is 2.23.